The number of carbonyl (C=O) groups is 1. The van der Waals surface area contributed by atoms with Crippen LogP contribution in [0.1, 0.15) is 27.7 Å². The van der Waals surface area contributed by atoms with E-state index in [-0.39, 0.29) is 0 Å². The Balaban J connectivity index is 4.01. The molecule has 0 rings (SSSR count). The number of aliphatic carboxylic acids is 1. The Hall–Kier alpha value is -0.220. The second-order valence-electron chi connectivity index (χ2n) is 3.92. The summed E-state index contributed by atoms with van der Waals surface area (Å²) in [7, 11) is 0. The second-order valence-corrected chi connectivity index (χ2v) is 5.51. The van der Waals surface area contributed by atoms with E-state index in [1.165, 1.54) is 11.8 Å². The van der Waals surface area contributed by atoms with E-state index < -0.39 is 16.3 Å². The van der Waals surface area contributed by atoms with Crippen molar-refractivity contribution in [2.75, 3.05) is 5.75 Å². The summed E-state index contributed by atoms with van der Waals surface area (Å²) in [6.07, 6.45) is 0. The minimum atomic E-state index is -0.850. The van der Waals surface area contributed by atoms with E-state index in [1.807, 2.05) is 0 Å². The van der Waals surface area contributed by atoms with Crippen molar-refractivity contribution in [3.05, 3.63) is 0 Å². The predicted molar refractivity (Wildman–Crippen MR) is 50.5 cm³/mol. The van der Waals surface area contributed by atoms with E-state index in [9.17, 15) is 9.90 Å². The van der Waals surface area contributed by atoms with Crippen molar-refractivity contribution in [2.24, 2.45) is 0 Å². The molecule has 0 fully saturated rings. The van der Waals surface area contributed by atoms with Gasteiger partial charge in [0.2, 0.25) is 0 Å². The molecule has 0 atom stereocenters. The molecule has 2 N–H and O–H groups in total. The monoisotopic (exact) mass is 192 g/mol. The molecule has 0 unspecified atom stereocenters. The van der Waals surface area contributed by atoms with Crippen LogP contribution in [0.2, 0.25) is 0 Å². The first-order valence-electron chi connectivity index (χ1n) is 3.75. The summed E-state index contributed by atoms with van der Waals surface area (Å²) in [5.74, 6) is -0.427. The molecule has 12 heavy (non-hydrogen) atoms. The van der Waals surface area contributed by atoms with Gasteiger partial charge in [-0.1, -0.05) is 0 Å². The van der Waals surface area contributed by atoms with Gasteiger partial charge in [-0.3, -0.25) is 4.79 Å². The fourth-order valence-corrected chi connectivity index (χ4v) is 1.26. The van der Waals surface area contributed by atoms with Crippen LogP contribution in [0.25, 0.3) is 0 Å². The SMILES string of the molecule is CC(C)(O)CSC(C)(C)C(=O)O. The number of carboxylic acid groups (broad SMARTS) is 1. The third-order valence-electron chi connectivity index (χ3n) is 1.30. The topological polar surface area (TPSA) is 57.5 Å². The van der Waals surface area contributed by atoms with E-state index in [4.69, 9.17) is 5.11 Å². The fraction of sp³-hybridized carbons (Fsp3) is 0.875. The van der Waals surface area contributed by atoms with E-state index in [0.717, 1.165) is 0 Å². The Morgan fingerprint density at radius 3 is 2.00 bits per heavy atom. The summed E-state index contributed by atoms with van der Waals surface area (Å²) >= 11 is 1.24. The van der Waals surface area contributed by atoms with Crippen LogP contribution in [-0.2, 0) is 4.79 Å². The highest BCUT2D eigenvalue weighted by molar-refractivity contribution is 8.01. The van der Waals surface area contributed by atoms with E-state index in [0.29, 0.717) is 5.75 Å². The van der Waals surface area contributed by atoms with Crippen molar-refractivity contribution in [1.29, 1.82) is 0 Å². The van der Waals surface area contributed by atoms with Crippen molar-refractivity contribution in [2.45, 2.75) is 38.0 Å². The van der Waals surface area contributed by atoms with Gasteiger partial charge in [0.25, 0.3) is 0 Å². The zero-order valence-electron chi connectivity index (χ0n) is 7.92. The molecule has 72 valence electrons. The molecule has 0 radical (unpaired) electrons. The van der Waals surface area contributed by atoms with Crippen LogP contribution >= 0.6 is 11.8 Å². The van der Waals surface area contributed by atoms with Crippen LogP contribution in [0.5, 0.6) is 0 Å². The lowest BCUT2D eigenvalue weighted by atomic mass is 10.2. The molecule has 0 saturated carbocycles. The molecule has 0 aliphatic heterocycles. The normalized spacial score (nSPS) is 13.1. The van der Waals surface area contributed by atoms with Crippen LogP contribution in [-0.4, -0.2) is 32.3 Å². The highest BCUT2D eigenvalue weighted by Crippen LogP contribution is 2.27. The predicted octanol–water partition coefficient (Wildman–Crippen LogP) is 1.35. The smallest absolute Gasteiger partial charge is 0.319 e. The van der Waals surface area contributed by atoms with Crippen LogP contribution in [0.3, 0.4) is 0 Å². The Morgan fingerprint density at radius 1 is 1.33 bits per heavy atom. The van der Waals surface area contributed by atoms with Gasteiger partial charge in [-0.2, -0.15) is 0 Å². The van der Waals surface area contributed by atoms with Gasteiger partial charge in [-0.15, -0.1) is 11.8 Å². The van der Waals surface area contributed by atoms with Crippen LogP contribution in [0.15, 0.2) is 0 Å². The third kappa shape index (κ3) is 4.62. The number of rotatable bonds is 4. The maximum Gasteiger partial charge on any atom is 0.319 e. The first-order chi connectivity index (χ1) is 5.15. The zero-order valence-corrected chi connectivity index (χ0v) is 8.73. The molecular weight excluding hydrogens is 176 g/mol. The van der Waals surface area contributed by atoms with Gasteiger partial charge in [0.15, 0.2) is 0 Å². The van der Waals surface area contributed by atoms with Gasteiger partial charge in [-0.25, -0.2) is 0 Å². The maximum absolute atomic E-state index is 10.6. The zero-order chi connectivity index (χ0) is 9.99. The summed E-state index contributed by atoms with van der Waals surface area (Å²) in [5, 5.41) is 18.1. The lowest BCUT2D eigenvalue weighted by molar-refractivity contribution is -0.138. The summed E-state index contributed by atoms with van der Waals surface area (Å²) in [6, 6.07) is 0. The molecule has 0 heterocycles. The summed E-state index contributed by atoms with van der Waals surface area (Å²) in [5.41, 5.74) is -0.808. The molecule has 4 heteroatoms. The van der Waals surface area contributed by atoms with E-state index >= 15 is 0 Å². The minimum absolute atomic E-state index is 0.423. The first-order valence-corrected chi connectivity index (χ1v) is 4.73. The van der Waals surface area contributed by atoms with E-state index in [1.54, 1.807) is 27.7 Å². The Labute approximate surface area is 77.2 Å². The fourth-order valence-electron chi connectivity index (χ4n) is 0.419. The average molecular weight is 192 g/mol. The van der Waals surface area contributed by atoms with Crippen molar-refractivity contribution in [1.82, 2.24) is 0 Å². The Morgan fingerprint density at radius 2 is 1.75 bits per heavy atom. The highest BCUT2D eigenvalue weighted by Gasteiger charge is 2.29. The van der Waals surface area contributed by atoms with Gasteiger partial charge >= 0.3 is 5.97 Å². The molecule has 0 aromatic heterocycles. The van der Waals surface area contributed by atoms with Gasteiger partial charge in [0.05, 0.1) is 5.60 Å². The lowest BCUT2D eigenvalue weighted by Gasteiger charge is -2.23. The number of carboxylic acids is 1. The van der Waals surface area contributed by atoms with Crippen molar-refractivity contribution < 1.29 is 15.0 Å². The summed E-state index contributed by atoms with van der Waals surface area (Å²) in [6.45, 7) is 6.59. The van der Waals surface area contributed by atoms with Crippen LogP contribution < -0.4 is 0 Å². The molecule has 3 nitrogen and oxygen atoms in total. The van der Waals surface area contributed by atoms with Crippen LogP contribution in [0.4, 0.5) is 0 Å². The molecule has 0 aliphatic carbocycles. The number of aliphatic hydroxyl groups is 1. The van der Waals surface area contributed by atoms with Crippen molar-refractivity contribution >= 4 is 17.7 Å². The molecule has 0 saturated heterocycles. The van der Waals surface area contributed by atoms with Crippen molar-refractivity contribution in [3.8, 4) is 0 Å². The van der Waals surface area contributed by atoms with Gasteiger partial charge < -0.3 is 10.2 Å². The Bertz CT molecular complexity index is 170. The standard InChI is InChI=1S/C8H16O3S/c1-7(2,11)5-12-8(3,4)6(9)10/h11H,5H2,1-4H3,(H,9,10). The molecule has 0 aromatic carbocycles. The highest BCUT2D eigenvalue weighted by atomic mass is 32.2. The number of hydrogen-bond acceptors (Lipinski definition) is 3. The maximum atomic E-state index is 10.6. The Kier molecular flexibility index (Phi) is 3.59. The number of hydrogen-bond donors (Lipinski definition) is 2. The van der Waals surface area contributed by atoms with Gasteiger partial charge in [0, 0.05) is 5.75 Å². The number of thioether (sulfide) groups is 1. The molecule has 0 amide bonds. The largest absolute Gasteiger partial charge is 0.480 e. The third-order valence-corrected chi connectivity index (χ3v) is 3.05. The molecule has 0 aliphatic rings. The lowest BCUT2D eigenvalue weighted by Crippen LogP contribution is -2.32. The average Bonchev–Trinajstić information content (AvgIpc) is 1.82. The quantitative estimate of drug-likeness (QED) is 0.706. The summed E-state index contributed by atoms with van der Waals surface area (Å²) in [4.78, 5) is 10.6. The molecule has 0 spiro atoms. The van der Waals surface area contributed by atoms with Gasteiger partial charge in [-0.05, 0) is 27.7 Å². The van der Waals surface area contributed by atoms with Crippen molar-refractivity contribution in [3.63, 3.8) is 0 Å². The molecule has 0 aromatic rings. The van der Waals surface area contributed by atoms with E-state index in [2.05, 4.69) is 0 Å². The van der Waals surface area contributed by atoms with Crippen LogP contribution in [0, 0.1) is 0 Å². The minimum Gasteiger partial charge on any atom is -0.480 e. The second kappa shape index (κ2) is 3.66. The summed E-state index contributed by atoms with van der Waals surface area (Å²) < 4.78 is -0.819. The first kappa shape index (κ1) is 11.8. The molecular formula is C8H16O3S. The molecule has 0 bridgehead atoms. The van der Waals surface area contributed by atoms with Gasteiger partial charge in [0.1, 0.15) is 4.75 Å².